The summed E-state index contributed by atoms with van der Waals surface area (Å²) < 4.78 is 3.26. The number of aromatic nitrogens is 2. The highest BCUT2D eigenvalue weighted by Crippen LogP contribution is 2.37. The normalized spacial score (nSPS) is 18.4. The summed E-state index contributed by atoms with van der Waals surface area (Å²) in [6.07, 6.45) is 3.87. The molecule has 5 rings (SSSR count). The summed E-state index contributed by atoms with van der Waals surface area (Å²) in [7, 11) is 1.63. The summed E-state index contributed by atoms with van der Waals surface area (Å²) >= 11 is 6.53. The maximum absolute atomic E-state index is 12.7. The number of halogens is 1. The Balaban J connectivity index is 1.47. The van der Waals surface area contributed by atoms with Crippen molar-refractivity contribution in [1.82, 2.24) is 20.2 Å². The molecule has 1 aliphatic rings. The molecule has 170 valence electrons. The van der Waals surface area contributed by atoms with E-state index < -0.39 is 0 Å². The van der Waals surface area contributed by atoms with Crippen LogP contribution in [0.4, 0.5) is 0 Å². The SMILES string of the molecule is CNC(=O)c1ccc2c(c1)nc(-c1ccsc1)n2[C@H]1CCC[C@@H](NC(=O)c2ccc(Br)s2)C1. The number of benzene rings is 1. The Kier molecular flexibility index (Phi) is 6.36. The van der Waals surface area contributed by atoms with Gasteiger partial charge in [-0.25, -0.2) is 4.98 Å². The second kappa shape index (κ2) is 9.40. The lowest BCUT2D eigenvalue weighted by molar-refractivity contribution is 0.0923. The van der Waals surface area contributed by atoms with E-state index in [1.54, 1.807) is 18.4 Å². The summed E-state index contributed by atoms with van der Waals surface area (Å²) in [6.45, 7) is 0. The summed E-state index contributed by atoms with van der Waals surface area (Å²) in [6, 6.07) is 11.9. The molecule has 0 aliphatic heterocycles. The largest absolute Gasteiger partial charge is 0.355 e. The molecule has 2 amide bonds. The van der Waals surface area contributed by atoms with Crippen molar-refractivity contribution in [3.8, 4) is 11.4 Å². The lowest BCUT2D eigenvalue weighted by atomic mass is 9.90. The third kappa shape index (κ3) is 4.49. The van der Waals surface area contributed by atoms with Crippen molar-refractivity contribution in [3.63, 3.8) is 0 Å². The third-order valence-electron chi connectivity index (χ3n) is 6.10. The summed E-state index contributed by atoms with van der Waals surface area (Å²) in [4.78, 5) is 30.6. The number of rotatable bonds is 5. The summed E-state index contributed by atoms with van der Waals surface area (Å²) in [5, 5.41) is 10.1. The van der Waals surface area contributed by atoms with Crippen LogP contribution in [0.3, 0.4) is 0 Å². The average Bonchev–Trinajstić information content (AvgIpc) is 3.57. The van der Waals surface area contributed by atoms with Gasteiger partial charge in [0.05, 0.1) is 19.7 Å². The van der Waals surface area contributed by atoms with Gasteiger partial charge in [0.2, 0.25) is 0 Å². The van der Waals surface area contributed by atoms with Gasteiger partial charge in [-0.05, 0) is 83.4 Å². The van der Waals surface area contributed by atoms with Crippen molar-refractivity contribution in [2.75, 3.05) is 7.05 Å². The fourth-order valence-corrected chi connectivity index (χ4v) is 6.50. The zero-order chi connectivity index (χ0) is 22.9. The molecular formula is C24H23BrN4O2S2. The molecule has 0 bridgehead atoms. The van der Waals surface area contributed by atoms with Crippen molar-refractivity contribution >= 4 is 61.5 Å². The van der Waals surface area contributed by atoms with Crippen LogP contribution in [0.15, 0.2) is 50.9 Å². The Morgan fingerprint density at radius 2 is 2.03 bits per heavy atom. The van der Waals surface area contributed by atoms with Gasteiger partial charge in [-0.15, -0.1) is 11.3 Å². The number of carbonyl (C=O) groups is 2. The molecule has 3 heterocycles. The molecule has 2 atom stereocenters. The molecule has 0 saturated heterocycles. The maximum Gasteiger partial charge on any atom is 0.261 e. The van der Waals surface area contributed by atoms with E-state index in [0.717, 1.165) is 56.8 Å². The first-order valence-corrected chi connectivity index (χ1v) is 13.4. The predicted molar refractivity (Wildman–Crippen MR) is 137 cm³/mol. The number of nitrogens with zero attached hydrogens (tertiary/aromatic N) is 2. The van der Waals surface area contributed by atoms with E-state index in [-0.39, 0.29) is 23.9 Å². The second-order valence-corrected chi connectivity index (χ2v) is 11.4. The number of nitrogens with one attached hydrogen (secondary N) is 2. The fourth-order valence-electron chi connectivity index (χ4n) is 4.57. The van der Waals surface area contributed by atoms with Crippen molar-refractivity contribution in [2.24, 2.45) is 0 Å². The number of amides is 2. The van der Waals surface area contributed by atoms with Gasteiger partial charge < -0.3 is 15.2 Å². The number of carbonyl (C=O) groups excluding carboxylic acids is 2. The Bertz CT molecular complexity index is 1310. The van der Waals surface area contributed by atoms with Crippen LogP contribution >= 0.6 is 38.6 Å². The quantitative estimate of drug-likeness (QED) is 0.331. The van der Waals surface area contributed by atoms with Gasteiger partial charge >= 0.3 is 0 Å². The van der Waals surface area contributed by atoms with Gasteiger partial charge in [-0.2, -0.15) is 11.3 Å². The van der Waals surface area contributed by atoms with E-state index in [4.69, 9.17) is 4.98 Å². The number of hydrogen-bond acceptors (Lipinski definition) is 5. The smallest absolute Gasteiger partial charge is 0.261 e. The van der Waals surface area contributed by atoms with Gasteiger partial charge in [0.15, 0.2) is 0 Å². The molecule has 0 unspecified atom stereocenters. The van der Waals surface area contributed by atoms with E-state index in [1.807, 2.05) is 30.3 Å². The lowest BCUT2D eigenvalue weighted by Crippen LogP contribution is -2.38. The molecule has 0 spiro atoms. The monoisotopic (exact) mass is 542 g/mol. The van der Waals surface area contributed by atoms with Crippen LogP contribution in [-0.2, 0) is 0 Å². The molecule has 33 heavy (non-hydrogen) atoms. The number of thiophene rings is 2. The van der Waals surface area contributed by atoms with Gasteiger partial charge in [0.25, 0.3) is 11.8 Å². The van der Waals surface area contributed by atoms with Gasteiger partial charge in [0.1, 0.15) is 5.82 Å². The third-order valence-corrected chi connectivity index (χ3v) is 8.41. The molecular weight excluding hydrogens is 520 g/mol. The first-order valence-electron chi connectivity index (χ1n) is 10.9. The van der Waals surface area contributed by atoms with Crippen LogP contribution in [0.1, 0.15) is 51.8 Å². The molecule has 1 aliphatic carbocycles. The van der Waals surface area contributed by atoms with E-state index in [0.29, 0.717) is 5.56 Å². The zero-order valence-corrected chi connectivity index (χ0v) is 21.2. The van der Waals surface area contributed by atoms with Gasteiger partial charge in [-0.1, -0.05) is 0 Å². The molecule has 2 N–H and O–H groups in total. The number of fused-ring (bicyclic) bond motifs is 1. The number of imidazole rings is 1. The van der Waals surface area contributed by atoms with E-state index in [2.05, 4.69) is 48.0 Å². The molecule has 1 saturated carbocycles. The van der Waals surface area contributed by atoms with Crippen LogP contribution in [0.25, 0.3) is 22.4 Å². The van der Waals surface area contributed by atoms with Crippen LogP contribution in [0.2, 0.25) is 0 Å². The Morgan fingerprint density at radius 1 is 1.15 bits per heavy atom. The minimum atomic E-state index is -0.121. The minimum Gasteiger partial charge on any atom is -0.355 e. The molecule has 9 heteroatoms. The first kappa shape index (κ1) is 22.3. The van der Waals surface area contributed by atoms with E-state index in [1.165, 1.54) is 11.3 Å². The first-order chi connectivity index (χ1) is 16.0. The fraction of sp³-hybridized carbons (Fsp3) is 0.292. The maximum atomic E-state index is 12.7. The van der Waals surface area contributed by atoms with Crippen molar-refractivity contribution in [3.05, 3.63) is 61.4 Å². The average molecular weight is 544 g/mol. The Morgan fingerprint density at radius 3 is 2.76 bits per heavy atom. The molecule has 0 radical (unpaired) electrons. The van der Waals surface area contributed by atoms with Crippen LogP contribution in [-0.4, -0.2) is 34.5 Å². The topological polar surface area (TPSA) is 76.0 Å². The highest BCUT2D eigenvalue weighted by Gasteiger charge is 2.28. The summed E-state index contributed by atoms with van der Waals surface area (Å²) in [5.41, 5.74) is 3.50. The van der Waals surface area contributed by atoms with Crippen molar-refractivity contribution in [1.29, 1.82) is 0 Å². The van der Waals surface area contributed by atoms with Crippen molar-refractivity contribution in [2.45, 2.75) is 37.8 Å². The second-order valence-electron chi connectivity index (χ2n) is 8.19. The Labute approximate surface area is 208 Å². The molecule has 6 nitrogen and oxygen atoms in total. The predicted octanol–water partition coefficient (Wildman–Crippen LogP) is 5.86. The van der Waals surface area contributed by atoms with Crippen LogP contribution in [0.5, 0.6) is 0 Å². The molecule has 1 aromatic carbocycles. The lowest BCUT2D eigenvalue weighted by Gasteiger charge is -2.32. The Hall–Kier alpha value is -2.49. The molecule has 1 fully saturated rings. The van der Waals surface area contributed by atoms with Crippen LogP contribution in [0, 0.1) is 0 Å². The molecule has 4 aromatic rings. The zero-order valence-electron chi connectivity index (χ0n) is 18.0. The van der Waals surface area contributed by atoms with E-state index >= 15 is 0 Å². The summed E-state index contributed by atoms with van der Waals surface area (Å²) in [5.74, 6) is 0.781. The number of hydrogen-bond donors (Lipinski definition) is 2. The van der Waals surface area contributed by atoms with Crippen molar-refractivity contribution < 1.29 is 9.59 Å². The van der Waals surface area contributed by atoms with Gasteiger partial charge in [-0.3, -0.25) is 9.59 Å². The van der Waals surface area contributed by atoms with E-state index in [9.17, 15) is 9.59 Å². The standard InChI is InChI=1S/C24H23BrN4O2S2/c1-26-23(30)14-5-6-19-18(11-14)28-22(15-9-10-32-13-15)29(19)17-4-2-3-16(12-17)27-24(31)20-7-8-21(25)33-20/h5-11,13,16-17H,2-4,12H2,1H3,(H,26,30)(H,27,31)/t16-,17+/m1/s1. The van der Waals surface area contributed by atoms with Crippen LogP contribution < -0.4 is 10.6 Å². The molecule has 3 aromatic heterocycles. The minimum absolute atomic E-state index is 0.0138. The highest BCUT2D eigenvalue weighted by atomic mass is 79.9. The van der Waals surface area contributed by atoms with Gasteiger partial charge in [0, 0.05) is 35.6 Å². The highest BCUT2D eigenvalue weighted by molar-refractivity contribution is 9.11.